The van der Waals surface area contributed by atoms with Crippen molar-refractivity contribution in [3.63, 3.8) is 0 Å². The first kappa shape index (κ1) is 22.4. The molecule has 5 nitrogen and oxygen atoms in total. The van der Waals surface area contributed by atoms with Crippen LogP contribution >= 0.6 is 17.3 Å². The van der Waals surface area contributed by atoms with Crippen LogP contribution in [-0.2, 0) is 21.6 Å². The zero-order chi connectivity index (χ0) is 6.50. The van der Waals surface area contributed by atoms with Crippen molar-refractivity contribution >= 4 is 36.2 Å². The van der Waals surface area contributed by atoms with E-state index in [1.54, 1.807) is 0 Å². The van der Waals surface area contributed by atoms with Crippen molar-refractivity contribution in [1.82, 2.24) is 0 Å². The summed E-state index contributed by atoms with van der Waals surface area (Å²) >= 11 is 0. The molecule has 0 aliphatic rings. The molecule has 56 valence electrons. The third kappa shape index (κ3) is 213. The summed E-state index contributed by atoms with van der Waals surface area (Å²) in [5, 5.41) is 0. The quantitative estimate of drug-likeness (QED) is 0.280. The zero-order valence-electron chi connectivity index (χ0n) is 3.58. The van der Waals surface area contributed by atoms with E-state index in [0.717, 1.165) is 0 Å². The normalized spacial score (nSPS) is 7.22. The van der Waals surface area contributed by atoms with Crippen molar-refractivity contribution in [2.24, 2.45) is 0 Å². The van der Waals surface area contributed by atoms with Gasteiger partial charge in [-0.25, -0.2) is 4.57 Å². The van der Waals surface area contributed by atoms with E-state index >= 15 is 0 Å². The van der Waals surface area contributed by atoms with Gasteiger partial charge in [-0.2, -0.15) is 0 Å². The van der Waals surface area contributed by atoms with Crippen LogP contribution in [0.15, 0.2) is 0 Å². The second-order valence-electron chi connectivity index (χ2n) is 0.513. The van der Waals surface area contributed by atoms with Crippen LogP contribution in [0.25, 0.3) is 0 Å². The fourth-order valence-electron chi connectivity index (χ4n) is 0. The molecule has 0 saturated carbocycles. The van der Waals surface area contributed by atoms with Crippen molar-refractivity contribution in [2.75, 3.05) is 0 Å². The van der Waals surface area contributed by atoms with Crippen molar-refractivity contribution in [3.8, 4) is 0 Å². The van der Waals surface area contributed by atoms with E-state index < -0.39 is 7.82 Å². The summed E-state index contributed by atoms with van der Waals surface area (Å²) in [4.78, 5) is 28.5. The van der Waals surface area contributed by atoms with Gasteiger partial charge in [-0.15, -0.1) is 0 Å². The molecule has 0 amide bonds. The van der Waals surface area contributed by atoms with Gasteiger partial charge in [-0.3, -0.25) is 0 Å². The monoisotopic (exact) mass is 212 g/mol. The maximum atomic E-state index is 8.88. The Balaban J connectivity index is -0.0000000286. The molecule has 1 atom stereocenters. The summed E-state index contributed by atoms with van der Waals surface area (Å²) in [7, 11) is -3.22. The molecule has 0 saturated heterocycles. The predicted octanol–water partition coefficient (Wildman–Crippen LogP) is -1.81. The van der Waals surface area contributed by atoms with Gasteiger partial charge in [0.05, 0.1) is 0 Å². The third-order valence-corrected chi connectivity index (χ3v) is 0. The van der Waals surface area contributed by atoms with E-state index in [-0.39, 0.29) is 35.9 Å². The van der Waals surface area contributed by atoms with Gasteiger partial charge in [0.25, 0.3) is 0 Å². The van der Waals surface area contributed by atoms with Crippen LogP contribution in [0, 0.1) is 0 Å². The number of rotatable bonds is 0. The number of phosphoric acid groups is 1. The molecule has 0 aliphatic carbocycles. The van der Waals surface area contributed by atoms with Gasteiger partial charge in [0.2, 0.25) is 0 Å². The summed E-state index contributed by atoms with van der Waals surface area (Å²) in [6, 6.07) is 0. The fraction of sp³-hybridized carbons (Fsp3) is 0. The first-order chi connectivity index (χ1) is 3.00. The van der Waals surface area contributed by atoms with E-state index in [2.05, 4.69) is 0 Å². The first-order valence-electron chi connectivity index (χ1n) is 1.04. The van der Waals surface area contributed by atoms with Crippen LogP contribution in [0.1, 0.15) is 0 Å². The zero-order valence-corrected chi connectivity index (χ0v) is 6.73. The van der Waals surface area contributed by atoms with Crippen LogP contribution in [-0.4, -0.2) is 38.4 Å². The van der Waals surface area contributed by atoms with Gasteiger partial charge in [0, 0.05) is 17.1 Å². The SMILES string of the molecule is O=P(O)(O)O.OP.[Fe].[LiH]. The fourth-order valence-corrected chi connectivity index (χ4v) is 0. The maximum absolute atomic E-state index is 8.88. The van der Waals surface area contributed by atoms with Crippen molar-refractivity contribution in [3.05, 3.63) is 0 Å². The van der Waals surface area contributed by atoms with Crippen LogP contribution < -0.4 is 0 Å². The molecular formula is H7FeLiO5P2. The Hall–Kier alpha value is 1.62. The van der Waals surface area contributed by atoms with Crippen molar-refractivity contribution in [2.45, 2.75) is 0 Å². The average Bonchev–Trinajstić information content (AvgIpc) is 1.36. The Morgan fingerprint density at radius 1 is 1.11 bits per heavy atom. The molecule has 0 aromatic carbocycles. The molecule has 1 unspecified atom stereocenters. The molecule has 9 heavy (non-hydrogen) atoms. The molecule has 4 N–H and O–H groups in total. The summed E-state index contributed by atoms with van der Waals surface area (Å²) in [6.45, 7) is 0. The number of hydrogen-bond acceptors (Lipinski definition) is 2. The molecule has 0 fully saturated rings. The Morgan fingerprint density at radius 2 is 1.11 bits per heavy atom. The second kappa shape index (κ2) is 12.3. The van der Waals surface area contributed by atoms with E-state index in [1.807, 2.05) is 0 Å². The molecule has 0 aliphatic heterocycles. The molecule has 9 heteroatoms. The molecule has 0 aromatic heterocycles. The van der Waals surface area contributed by atoms with Crippen LogP contribution in [0.5, 0.6) is 0 Å². The molecule has 0 spiro atoms. The molecule has 0 rings (SSSR count). The summed E-state index contributed by atoms with van der Waals surface area (Å²) in [6.07, 6.45) is 0. The Labute approximate surface area is 77.4 Å². The number of hydrogen-bond donors (Lipinski definition) is 4. The van der Waals surface area contributed by atoms with Crippen LogP contribution in [0.4, 0.5) is 0 Å². The topological polar surface area (TPSA) is 98.0 Å². The summed E-state index contributed by atoms with van der Waals surface area (Å²) < 4.78 is 8.88. The van der Waals surface area contributed by atoms with E-state index in [4.69, 9.17) is 24.1 Å². The predicted molar refractivity (Wildman–Crippen MR) is 33.3 cm³/mol. The van der Waals surface area contributed by atoms with Gasteiger partial charge in [-0.05, 0) is 9.47 Å². The molecular weight excluding hydrogens is 205 g/mol. The van der Waals surface area contributed by atoms with Gasteiger partial charge in [-0.1, -0.05) is 0 Å². The van der Waals surface area contributed by atoms with E-state index in [0.29, 0.717) is 0 Å². The van der Waals surface area contributed by atoms with Crippen LogP contribution in [0.2, 0.25) is 0 Å². The summed E-state index contributed by atoms with van der Waals surface area (Å²) in [5.74, 6) is 0. The van der Waals surface area contributed by atoms with Gasteiger partial charge in [0.15, 0.2) is 0 Å². The first-order valence-corrected chi connectivity index (χ1v) is 3.12. The standard InChI is InChI=1S/Fe.Li.H3O4P.H3OP.H/c;;1-5(2,3)4;1-2;/h;;(H3,1,2,3,4);1H,2H2;. The van der Waals surface area contributed by atoms with Gasteiger partial charge >= 0.3 is 26.7 Å². The van der Waals surface area contributed by atoms with Gasteiger partial charge in [0.1, 0.15) is 0 Å². The second-order valence-corrected chi connectivity index (χ2v) is 1.54. The van der Waals surface area contributed by atoms with Crippen molar-refractivity contribution < 1.29 is 41.2 Å². The van der Waals surface area contributed by atoms with Crippen molar-refractivity contribution in [1.29, 1.82) is 0 Å². The minimum atomic E-state index is -4.64. The molecule has 0 radical (unpaired) electrons. The third-order valence-electron chi connectivity index (χ3n) is 0. The molecule has 0 aromatic rings. The van der Waals surface area contributed by atoms with Crippen LogP contribution in [0.3, 0.4) is 0 Å². The van der Waals surface area contributed by atoms with E-state index in [9.17, 15) is 0 Å². The summed E-state index contributed by atoms with van der Waals surface area (Å²) in [5.41, 5.74) is 0. The van der Waals surface area contributed by atoms with Gasteiger partial charge < -0.3 is 19.6 Å². The Kier molecular flexibility index (Phi) is 30.7. The minimum absolute atomic E-state index is 0. The Morgan fingerprint density at radius 3 is 1.11 bits per heavy atom. The average molecular weight is 212 g/mol. The molecule has 0 bridgehead atoms. The van der Waals surface area contributed by atoms with E-state index in [1.165, 1.54) is 9.47 Å². The molecule has 0 heterocycles. The Bertz CT molecular complexity index is 61.1.